The third-order valence-electron chi connectivity index (χ3n) is 0.432. The number of hydrogen-bond acceptors (Lipinski definition) is 2. The van der Waals surface area contributed by atoms with Crippen molar-refractivity contribution in [3.63, 3.8) is 0 Å². The number of rotatable bonds is 0. The zero-order valence-corrected chi connectivity index (χ0v) is 5.86. The second-order valence-corrected chi connectivity index (χ2v) is 2.34. The van der Waals surface area contributed by atoms with Crippen molar-refractivity contribution in [2.45, 2.75) is 0 Å². The zero-order valence-electron chi connectivity index (χ0n) is 3.01. The number of aromatic nitrogens is 1. The summed E-state index contributed by atoms with van der Waals surface area (Å²) in [7, 11) is 0. The molecule has 3 heteroatoms. The van der Waals surface area contributed by atoms with Gasteiger partial charge in [-0.3, -0.25) is 0 Å². The summed E-state index contributed by atoms with van der Waals surface area (Å²) in [6.07, 6.45) is 3.07. The molecule has 2 nitrogen and oxygen atoms in total. The maximum atomic E-state index is 4.63. The molecule has 0 bridgehead atoms. The third kappa shape index (κ3) is 0.739. The van der Waals surface area contributed by atoms with Gasteiger partial charge < -0.3 is 0 Å². The number of hydrogen-bond donors (Lipinski definition) is 0. The third-order valence-corrected chi connectivity index (χ3v) is 1.14. The normalized spacial score (nSPS) is 8.83. The Bertz CT molecular complexity index is 114. The Kier molecular flexibility index (Phi) is 1.14. The molecule has 0 spiro atoms. The average molecular weight is 187 g/mol. The molecule has 0 atom stereocenters. The Morgan fingerprint density at radius 3 is 2.83 bits per heavy atom. The first-order chi connectivity index (χ1) is 2.89. The zero-order chi connectivity index (χ0) is 4.41. The Labute approximate surface area is 48.7 Å². The van der Waals surface area contributed by atoms with E-state index in [1.54, 1.807) is 6.26 Å². The van der Waals surface area contributed by atoms with E-state index in [1.807, 2.05) is 0 Å². The summed E-state index contributed by atoms with van der Waals surface area (Å²) in [5, 5.41) is 0. The molecule has 0 unspecified atom stereocenters. The van der Waals surface area contributed by atoms with Gasteiger partial charge in [0.25, 0.3) is 0 Å². The van der Waals surface area contributed by atoms with Crippen molar-refractivity contribution in [3.8, 4) is 0 Å². The van der Waals surface area contributed by atoms with Crippen molar-refractivity contribution in [2.24, 2.45) is 0 Å². The molecule has 1 heterocycles. The van der Waals surface area contributed by atoms with E-state index >= 15 is 0 Å². The van der Waals surface area contributed by atoms with Crippen LogP contribution in [0.3, 0.4) is 0 Å². The van der Waals surface area contributed by atoms with Crippen LogP contribution in [0.25, 0.3) is 0 Å². The van der Waals surface area contributed by atoms with Crippen LogP contribution in [0.2, 0.25) is 0 Å². The van der Waals surface area contributed by atoms with Gasteiger partial charge in [-0.05, 0) is 0 Å². The first kappa shape index (κ1) is 4.18. The number of oxazole rings is 1. The first-order valence-electron chi connectivity index (χ1n) is 1.49. The van der Waals surface area contributed by atoms with Gasteiger partial charge in [-0.15, -0.1) is 0 Å². The Morgan fingerprint density at radius 1 is 1.83 bits per heavy atom. The van der Waals surface area contributed by atoms with Crippen LogP contribution in [-0.4, -0.2) is 27.5 Å². The maximum absolute atomic E-state index is 4.63. The molecule has 0 saturated carbocycles. The van der Waals surface area contributed by atoms with Crippen LogP contribution in [0.1, 0.15) is 0 Å². The molecule has 3 radical (unpaired) electrons. The van der Waals surface area contributed by atoms with Crippen molar-refractivity contribution in [3.05, 3.63) is 12.7 Å². The minimum absolute atomic E-state index is 1.02. The summed E-state index contributed by atoms with van der Waals surface area (Å²) in [5.74, 6) is 0. The van der Waals surface area contributed by atoms with Crippen LogP contribution in [0, 0.1) is 0 Å². The van der Waals surface area contributed by atoms with E-state index in [2.05, 4.69) is 9.40 Å². The summed E-state index contributed by atoms with van der Waals surface area (Å²) in [4.78, 5) is 3.79. The van der Waals surface area contributed by atoms with Crippen molar-refractivity contribution in [1.82, 2.24) is 4.98 Å². The van der Waals surface area contributed by atoms with Gasteiger partial charge in [0.2, 0.25) is 0 Å². The fraction of sp³-hybridized carbons (Fsp3) is 0. The van der Waals surface area contributed by atoms with Gasteiger partial charge in [0.05, 0.1) is 0 Å². The SMILES string of the molecule is [Sn][c]1cocn1. The molecule has 0 N–H and O–H groups in total. The van der Waals surface area contributed by atoms with Crippen LogP contribution < -0.4 is 3.71 Å². The van der Waals surface area contributed by atoms with E-state index in [4.69, 9.17) is 0 Å². The Hall–Kier alpha value is 0.00870. The van der Waals surface area contributed by atoms with Crippen molar-refractivity contribution in [2.75, 3.05) is 0 Å². The van der Waals surface area contributed by atoms with Crippen molar-refractivity contribution in [1.29, 1.82) is 0 Å². The molecular weight excluding hydrogens is 185 g/mol. The minimum atomic E-state index is 1.02. The molecular formula is C3H2NOSn. The quantitative estimate of drug-likeness (QED) is 0.510. The summed E-state index contributed by atoms with van der Waals surface area (Å²) < 4.78 is 5.64. The summed E-state index contributed by atoms with van der Waals surface area (Å²) in [6.45, 7) is 0. The number of nitrogens with zero attached hydrogens (tertiary/aromatic N) is 1. The van der Waals surface area contributed by atoms with Gasteiger partial charge >= 0.3 is 48.3 Å². The molecule has 0 aliphatic carbocycles. The molecule has 6 heavy (non-hydrogen) atoms. The molecule has 1 aromatic heterocycles. The summed E-state index contributed by atoms with van der Waals surface area (Å²) in [6, 6.07) is 0. The van der Waals surface area contributed by atoms with Gasteiger partial charge in [-0.25, -0.2) is 0 Å². The van der Waals surface area contributed by atoms with Crippen LogP contribution in [0.15, 0.2) is 17.1 Å². The molecule has 0 saturated heterocycles. The predicted octanol–water partition coefficient (Wildman–Crippen LogP) is -0.532. The average Bonchev–Trinajstić information content (AvgIpc) is 1.86. The summed E-state index contributed by atoms with van der Waals surface area (Å²) >= 11 is 1.30. The van der Waals surface area contributed by atoms with E-state index < -0.39 is 0 Å². The molecule has 0 aliphatic rings. The fourth-order valence-corrected chi connectivity index (χ4v) is 0.557. The second-order valence-electron chi connectivity index (χ2n) is 0.874. The van der Waals surface area contributed by atoms with E-state index in [-0.39, 0.29) is 0 Å². The van der Waals surface area contributed by atoms with E-state index in [9.17, 15) is 0 Å². The molecule has 29 valence electrons. The van der Waals surface area contributed by atoms with Crippen LogP contribution in [0.4, 0.5) is 0 Å². The monoisotopic (exact) mass is 188 g/mol. The van der Waals surface area contributed by atoms with Crippen molar-refractivity contribution < 1.29 is 4.42 Å². The Balaban J connectivity index is 3.05. The molecule has 1 aromatic rings. The molecule has 0 aromatic carbocycles. The Morgan fingerprint density at radius 2 is 2.67 bits per heavy atom. The topological polar surface area (TPSA) is 26.0 Å². The van der Waals surface area contributed by atoms with Gasteiger partial charge in [0, 0.05) is 0 Å². The molecule has 1 rings (SSSR count). The molecule has 0 amide bonds. The standard InChI is InChI=1S/C3H2NO.Sn/c1-2-5-3-4-1;/h2-3H;. The van der Waals surface area contributed by atoms with E-state index in [0.29, 0.717) is 0 Å². The van der Waals surface area contributed by atoms with Crippen LogP contribution >= 0.6 is 0 Å². The molecule has 0 aliphatic heterocycles. The first-order valence-corrected chi connectivity index (χ1v) is 2.92. The van der Waals surface area contributed by atoms with E-state index in [1.165, 1.54) is 28.9 Å². The van der Waals surface area contributed by atoms with Gasteiger partial charge in [-0.1, -0.05) is 0 Å². The predicted molar refractivity (Wildman–Crippen MR) is 21.9 cm³/mol. The van der Waals surface area contributed by atoms with Gasteiger partial charge in [0.15, 0.2) is 0 Å². The van der Waals surface area contributed by atoms with Crippen LogP contribution in [0.5, 0.6) is 0 Å². The summed E-state index contributed by atoms with van der Waals surface area (Å²) in [5.41, 5.74) is 0. The fourth-order valence-electron chi connectivity index (χ4n) is 0.213. The van der Waals surface area contributed by atoms with Crippen molar-refractivity contribution >= 4 is 26.2 Å². The molecule has 0 fully saturated rings. The van der Waals surface area contributed by atoms with E-state index in [0.717, 1.165) is 3.71 Å². The van der Waals surface area contributed by atoms with Gasteiger partial charge in [-0.2, -0.15) is 0 Å². The van der Waals surface area contributed by atoms with Gasteiger partial charge in [0.1, 0.15) is 0 Å². The van der Waals surface area contributed by atoms with Crippen LogP contribution in [-0.2, 0) is 0 Å². The second kappa shape index (κ2) is 1.64.